The van der Waals surface area contributed by atoms with E-state index in [9.17, 15) is 0 Å². The van der Waals surface area contributed by atoms with Gasteiger partial charge in [-0.25, -0.2) is 0 Å². The number of thiol groups is 1. The van der Waals surface area contributed by atoms with E-state index in [-0.39, 0.29) is 0 Å². The van der Waals surface area contributed by atoms with Gasteiger partial charge < -0.3 is 16.0 Å². The van der Waals surface area contributed by atoms with Crippen LogP contribution in [0.25, 0.3) is 0 Å². The Morgan fingerprint density at radius 2 is 1.44 bits per heavy atom. The maximum absolute atomic E-state index is 4.29. The Kier molecular flexibility index (Phi) is 9.28. The van der Waals surface area contributed by atoms with Gasteiger partial charge in [-0.1, -0.05) is 0 Å². The highest BCUT2D eigenvalue weighted by Crippen LogP contribution is 2.05. The topological polar surface area (TPSA) is 36.1 Å². The summed E-state index contributed by atoms with van der Waals surface area (Å²) in [5, 5.41) is 10.6. The summed E-state index contributed by atoms with van der Waals surface area (Å²) in [5.74, 6) is 1.79. The van der Waals surface area contributed by atoms with E-state index in [0.717, 1.165) is 50.9 Å². The van der Waals surface area contributed by atoms with Gasteiger partial charge in [0.1, 0.15) is 0 Å². The van der Waals surface area contributed by atoms with Crippen LogP contribution in [0.3, 0.4) is 0 Å². The highest BCUT2D eigenvalue weighted by atomic mass is 32.1. The molecule has 1 heterocycles. The molecule has 0 radical (unpaired) electrons. The van der Waals surface area contributed by atoms with Gasteiger partial charge in [-0.05, 0) is 76.6 Å². The molecule has 0 atom stereocenters. The molecule has 4 heteroatoms. The Morgan fingerprint density at radius 1 is 0.875 bits per heavy atom. The molecular formula is C12H27N3S. The van der Waals surface area contributed by atoms with Crippen LogP contribution in [0.2, 0.25) is 0 Å². The van der Waals surface area contributed by atoms with Crippen LogP contribution < -0.4 is 16.0 Å². The fourth-order valence-corrected chi connectivity index (χ4v) is 2.25. The third-order valence-corrected chi connectivity index (χ3v) is 3.37. The van der Waals surface area contributed by atoms with Crippen molar-refractivity contribution in [2.75, 3.05) is 45.0 Å². The monoisotopic (exact) mass is 245 g/mol. The van der Waals surface area contributed by atoms with Crippen LogP contribution in [0.5, 0.6) is 0 Å². The number of nitrogens with one attached hydrogen (secondary N) is 3. The third kappa shape index (κ3) is 7.49. The summed E-state index contributed by atoms with van der Waals surface area (Å²) in [7, 11) is 0. The van der Waals surface area contributed by atoms with E-state index in [1.54, 1.807) is 0 Å². The van der Waals surface area contributed by atoms with Gasteiger partial charge >= 0.3 is 0 Å². The van der Waals surface area contributed by atoms with Gasteiger partial charge in [0.25, 0.3) is 0 Å². The molecule has 0 aromatic carbocycles. The first-order valence-electron chi connectivity index (χ1n) is 6.66. The van der Waals surface area contributed by atoms with E-state index in [4.69, 9.17) is 0 Å². The molecule has 0 bridgehead atoms. The molecule has 1 rings (SSSR count). The molecule has 0 aromatic rings. The molecule has 0 aromatic heterocycles. The van der Waals surface area contributed by atoms with Crippen molar-refractivity contribution >= 4 is 12.6 Å². The number of hydrogen-bond acceptors (Lipinski definition) is 4. The molecule has 0 spiro atoms. The Bertz CT molecular complexity index is 143. The van der Waals surface area contributed by atoms with Crippen LogP contribution in [0, 0.1) is 5.92 Å². The third-order valence-electron chi connectivity index (χ3n) is 3.05. The van der Waals surface area contributed by atoms with Gasteiger partial charge in [-0.15, -0.1) is 0 Å². The molecule has 0 saturated carbocycles. The highest BCUT2D eigenvalue weighted by molar-refractivity contribution is 7.80. The van der Waals surface area contributed by atoms with Crippen molar-refractivity contribution in [1.29, 1.82) is 0 Å². The van der Waals surface area contributed by atoms with Crippen molar-refractivity contribution in [3.05, 3.63) is 0 Å². The van der Waals surface area contributed by atoms with Gasteiger partial charge in [0.15, 0.2) is 0 Å². The van der Waals surface area contributed by atoms with Gasteiger partial charge in [-0.3, -0.25) is 0 Å². The van der Waals surface area contributed by atoms with Crippen molar-refractivity contribution in [2.24, 2.45) is 5.92 Å². The quantitative estimate of drug-likeness (QED) is 0.558. The largest absolute Gasteiger partial charge is 0.317 e. The summed E-state index contributed by atoms with van der Waals surface area (Å²) in [6.45, 7) is 6.89. The van der Waals surface area contributed by atoms with Crippen LogP contribution in [0.1, 0.15) is 25.7 Å². The van der Waals surface area contributed by atoms with Gasteiger partial charge in [0.05, 0.1) is 0 Å². The van der Waals surface area contributed by atoms with Crippen molar-refractivity contribution in [3.63, 3.8) is 0 Å². The minimum absolute atomic E-state index is 0.777. The second-order valence-corrected chi connectivity index (χ2v) is 5.04. The standard InChI is InChI=1S/C12H27N3S/c16-9-1-4-12-10-14-7-2-5-13-6-3-8-15-11-12/h12-16H,1-11H2. The highest BCUT2D eigenvalue weighted by Gasteiger charge is 2.07. The molecule has 0 amide bonds. The molecule has 1 saturated heterocycles. The van der Waals surface area contributed by atoms with Crippen molar-refractivity contribution in [1.82, 2.24) is 16.0 Å². The summed E-state index contributed by atoms with van der Waals surface area (Å²) in [5.41, 5.74) is 0. The fraction of sp³-hybridized carbons (Fsp3) is 1.00. The summed E-state index contributed by atoms with van der Waals surface area (Å²) in [6.07, 6.45) is 5.01. The molecular weight excluding hydrogens is 218 g/mol. The van der Waals surface area contributed by atoms with Crippen LogP contribution in [-0.2, 0) is 0 Å². The van der Waals surface area contributed by atoms with Crippen LogP contribution in [0.4, 0.5) is 0 Å². The molecule has 3 N–H and O–H groups in total. The maximum Gasteiger partial charge on any atom is -0.000837 e. The Morgan fingerprint density at radius 3 is 2.00 bits per heavy atom. The average molecular weight is 245 g/mol. The van der Waals surface area contributed by atoms with Gasteiger partial charge in [0, 0.05) is 0 Å². The lowest BCUT2D eigenvalue weighted by atomic mass is 10.0. The lowest BCUT2D eigenvalue weighted by molar-refractivity contribution is 0.403. The number of hydrogen-bond donors (Lipinski definition) is 4. The molecule has 0 aliphatic carbocycles. The zero-order valence-corrected chi connectivity index (χ0v) is 11.2. The lowest BCUT2D eigenvalue weighted by Crippen LogP contribution is -2.35. The number of rotatable bonds is 3. The second-order valence-electron chi connectivity index (χ2n) is 4.60. The first-order chi connectivity index (χ1) is 7.93. The van der Waals surface area contributed by atoms with Crippen molar-refractivity contribution in [3.8, 4) is 0 Å². The lowest BCUT2D eigenvalue weighted by Gasteiger charge is -2.19. The zero-order chi connectivity index (χ0) is 11.5. The Labute approximate surface area is 106 Å². The predicted octanol–water partition coefficient (Wildman–Crippen LogP) is 0.875. The molecule has 1 fully saturated rings. The summed E-state index contributed by atoms with van der Waals surface area (Å²) < 4.78 is 0. The molecule has 96 valence electrons. The normalized spacial score (nSPS) is 22.3. The molecule has 1 aliphatic heterocycles. The van der Waals surface area contributed by atoms with E-state index in [1.807, 2.05) is 0 Å². The Balaban J connectivity index is 2.19. The molecule has 3 nitrogen and oxygen atoms in total. The first-order valence-corrected chi connectivity index (χ1v) is 7.29. The summed E-state index contributed by atoms with van der Waals surface area (Å²) >= 11 is 4.29. The SMILES string of the molecule is SCCCC1CNCCCNCCCNC1. The second kappa shape index (κ2) is 10.4. The fourth-order valence-electron chi connectivity index (χ4n) is 2.07. The van der Waals surface area contributed by atoms with Crippen LogP contribution in [0.15, 0.2) is 0 Å². The first kappa shape index (κ1) is 14.3. The van der Waals surface area contributed by atoms with Crippen molar-refractivity contribution in [2.45, 2.75) is 25.7 Å². The molecule has 0 unspecified atom stereocenters. The summed E-state index contributed by atoms with van der Waals surface area (Å²) in [4.78, 5) is 0. The minimum Gasteiger partial charge on any atom is -0.317 e. The van der Waals surface area contributed by atoms with Gasteiger partial charge in [-0.2, -0.15) is 12.6 Å². The Hall–Kier alpha value is 0.230. The van der Waals surface area contributed by atoms with E-state index in [1.165, 1.54) is 25.7 Å². The predicted molar refractivity (Wildman–Crippen MR) is 74.4 cm³/mol. The average Bonchev–Trinajstić information content (AvgIpc) is 2.28. The summed E-state index contributed by atoms with van der Waals surface area (Å²) in [6, 6.07) is 0. The van der Waals surface area contributed by atoms with E-state index in [2.05, 4.69) is 28.6 Å². The van der Waals surface area contributed by atoms with E-state index < -0.39 is 0 Å². The van der Waals surface area contributed by atoms with E-state index >= 15 is 0 Å². The van der Waals surface area contributed by atoms with Crippen LogP contribution >= 0.6 is 12.6 Å². The minimum atomic E-state index is 0.777. The van der Waals surface area contributed by atoms with E-state index in [0.29, 0.717) is 0 Å². The van der Waals surface area contributed by atoms with Gasteiger partial charge in [0.2, 0.25) is 0 Å². The van der Waals surface area contributed by atoms with Crippen molar-refractivity contribution < 1.29 is 0 Å². The van der Waals surface area contributed by atoms with Crippen LogP contribution in [-0.4, -0.2) is 45.0 Å². The smallest absolute Gasteiger partial charge is 0.000837 e. The molecule has 1 aliphatic rings. The zero-order valence-electron chi connectivity index (χ0n) is 10.3. The molecule has 16 heavy (non-hydrogen) atoms. The maximum atomic E-state index is 4.29.